The van der Waals surface area contributed by atoms with Crippen LogP contribution in [0.15, 0.2) is 48.5 Å². The topological polar surface area (TPSA) is 78.9 Å². The van der Waals surface area contributed by atoms with Gasteiger partial charge in [0.2, 0.25) is 5.91 Å². The number of nitrogens with zero attached hydrogens (tertiary/aromatic N) is 1. The maximum atomic E-state index is 12.7. The first-order chi connectivity index (χ1) is 13.2. The van der Waals surface area contributed by atoms with Gasteiger partial charge in [-0.25, -0.2) is 0 Å². The largest absolute Gasteiger partial charge is 0.416 e. The smallest absolute Gasteiger partial charge is 0.336 e. The number of nitrogens with one attached hydrogen (secondary N) is 1. The van der Waals surface area contributed by atoms with Gasteiger partial charge in [-0.05, 0) is 41.7 Å². The van der Waals surface area contributed by atoms with Crippen LogP contribution in [0.2, 0.25) is 0 Å². The SMILES string of the molecule is CC[C@H](N)C(=O)N[C@@]1(C#N)C[C@H]1c1ccc(-c2ccc(C(F)(F)F)cc2)cc1. The summed E-state index contributed by atoms with van der Waals surface area (Å²) in [6, 6.07) is 13.8. The summed E-state index contributed by atoms with van der Waals surface area (Å²) in [7, 11) is 0. The number of alkyl halides is 3. The number of hydrogen-bond donors (Lipinski definition) is 2. The molecule has 2 aromatic rings. The average Bonchev–Trinajstić information content (AvgIpc) is 3.41. The van der Waals surface area contributed by atoms with Crippen molar-refractivity contribution in [3.63, 3.8) is 0 Å². The molecule has 3 rings (SSSR count). The van der Waals surface area contributed by atoms with Gasteiger partial charge < -0.3 is 11.1 Å². The molecule has 1 aliphatic rings. The van der Waals surface area contributed by atoms with Crippen molar-refractivity contribution in [3.8, 4) is 17.2 Å². The Morgan fingerprint density at radius 1 is 1.21 bits per heavy atom. The number of nitrogens with two attached hydrogens (primary N) is 1. The van der Waals surface area contributed by atoms with E-state index >= 15 is 0 Å². The fraction of sp³-hybridized carbons (Fsp3) is 0.333. The van der Waals surface area contributed by atoms with Crippen LogP contribution >= 0.6 is 0 Å². The first-order valence-electron chi connectivity index (χ1n) is 8.96. The van der Waals surface area contributed by atoms with Crippen molar-refractivity contribution in [1.29, 1.82) is 5.26 Å². The number of benzene rings is 2. The van der Waals surface area contributed by atoms with E-state index in [1.165, 1.54) is 12.1 Å². The van der Waals surface area contributed by atoms with Gasteiger partial charge in [-0.2, -0.15) is 18.4 Å². The number of amides is 1. The molecule has 0 aromatic heterocycles. The number of hydrogen-bond acceptors (Lipinski definition) is 3. The molecule has 3 atom stereocenters. The van der Waals surface area contributed by atoms with Gasteiger partial charge in [-0.15, -0.1) is 0 Å². The van der Waals surface area contributed by atoms with Crippen molar-refractivity contribution in [3.05, 3.63) is 59.7 Å². The Kier molecular flexibility index (Phi) is 5.18. The molecule has 2 aromatic carbocycles. The van der Waals surface area contributed by atoms with Gasteiger partial charge in [-0.3, -0.25) is 4.79 Å². The van der Waals surface area contributed by atoms with Gasteiger partial charge in [0.1, 0.15) is 5.54 Å². The van der Waals surface area contributed by atoms with Crippen LogP contribution < -0.4 is 11.1 Å². The first kappa shape index (κ1) is 19.9. The number of nitriles is 1. The molecule has 146 valence electrons. The molecule has 1 aliphatic carbocycles. The Morgan fingerprint density at radius 2 is 1.75 bits per heavy atom. The fourth-order valence-corrected chi connectivity index (χ4v) is 3.21. The van der Waals surface area contributed by atoms with Crippen LogP contribution in [-0.4, -0.2) is 17.5 Å². The molecule has 0 spiro atoms. The van der Waals surface area contributed by atoms with E-state index in [4.69, 9.17) is 5.73 Å². The molecule has 0 bridgehead atoms. The van der Waals surface area contributed by atoms with Gasteiger partial charge >= 0.3 is 6.18 Å². The summed E-state index contributed by atoms with van der Waals surface area (Å²) in [6.07, 6.45) is -3.37. The van der Waals surface area contributed by atoms with E-state index in [0.717, 1.165) is 23.3 Å². The van der Waals surface area contributed by atoms with E-state index in [1.54, 1.807) is 19.1 Å². The van der Waals surface area contributed by atoms with Crippen LogP contribution in [-0.2, 0) is 11.0 Å². The Hall–Kier alpha value is -2.85. The summed E-state index contributed by atoms with van der Waals surface area (Å²) in [4.78, 5) is 12.0. The Balaban J connectivity index is 1.73. The van der Waals surface area contributed by atoms with E-state index in [-0.39, 0.29) is 11.8 Å². The Bertz CT molecular complexity index is 900. The molecular weight excluding hydrogens is 367 g/mol. The zero-order chi connectivity index (χ0) is 20.5. The standard InChI is InChI=1S/C21H20F3N3O/c1-2-18(26)19(28)27-20(12-25)11-17(20)15-5-3-13(4-6-15)14-7-9-16(10-8-14)21(22,23)24/h3-10,17-18H,2,11,26H2,1H3,(H,27,28)/t17-,18-,20+/m0/s1. The van der Waals surface area contributed by atoms with Crippen molar-refractivity contribution in [2.45, 2.75) is 43.4 Å². The third-order valence-electron chi connectivity index (χ3n) is 5.14. The molecule has 0 saturated heterocycles. The first-order valence-corrected chi connectivity index (χ1v) is 8.96. The summed E-state index contributed by atoms with van der Waals surface area (Å²) in [5, 5.41) is 12.3. The lowest BCUT2D eigenvalue weighted by Crippen LogP contribution is -2.46. The summed E-state index contributed by atoms with van der Waals surface area (Å²) >= 11 is 0. The van der Waals surface area contributed by atoms with E-state index in [1.807, 2.05) is 12.1 Å². The second kappa shape index (κ2) is 7.28. The highest BCUT2D eigenvalue weighted by Gasteiger charge is 2.57. The van der Waals surface area contributed by atoms with Crippen LogP contribution in [0.1, 0.15) is 36.8 Å². The van der Waals surface area contributed by atoms with Crippen LogP contribution in [0.3, 0.4) is 0 Å². The van der Waals surface area contributed by atoms with Crippen LogP contribution in [0.4, 0.5) is 13.2 Å². The van der Waals surface area contributed by atoms with Crippen molar-refractivity contribution < 1.29 is 18.0 Å². The minimum atomic E-state index is -4.36. The van der Waals surface area contributed by atoms with Gasteiger partial charge in [-0.1, -0.05) is 43.3 Å². The number of carbonyl (C=O) groups excluding carboxylic acids is 1. The van der Waals surface area contributed by atoms with E-state index in [2.05, 4.69) is 11.4 Å². The minimum Gasteiger partial charge on any atom is -0.336 e. The van der Waals surface area contributed by atoms with Crippen molar-refractivity contribution in [2.75, 3.05) is 0 Å². The molecule has 1 amide bonds. The highest BCUT2D eigenvalue weighted by atomic mass is 19.4. The van der Waals surface area contributed by atoms with Gasteiger partial charge in [0.15, 0.2) is 0 Å². The average molecular weight is 387 g/mol. The lowest BCUT2D eigenvalue weighted by molar-refractivity contribution is -0.137. The van der Waals surface area contributed by atoms with Crippen LogP contribution in [0.5, 0.6) is 0 Å². The Morgan fingerprint density at radius 3 is 2.21 bits per heavy atom. The molecule has 4 nitrogen and oxygen atoms in total. The molecule has 0 aliphatic heterocycles. The molecular formula is C21H20F3N3O. The second-order valence-electron chi connectivity index (χ2n) is 7.04. The van der Waals surface area contributed by atoms with E-state index in [0.29, 0.717) is 18.4 Å². The molecule has 1 saturated carbocycles. The van der Waals surface area contributed by atoms with E-state index < -0.39 is 23.3 Å². The third kappa shape index (κ3) is 3.87. The highest BCUT2D eigenvalue weighted by Crippen LogP contribution is 2.51. The fourth-order valence-electron chi connectivity index (χ4n) is 3.21. The third-order valence-corrected chi connectivity index (χ3v) is 5.14. The second-order valence-corrected chi connectivity index (χ2v) is 7.04. The number of halogens is 3. The summed E-state index contributed by atoms with van der Waals surface area (Å²) < 4.78 is 38.0. The predicted molar refractivity (Wildman–Crippen MR) is 99.0 cm³/mol. The lowest BCUT2D eigenvalue weighted by Gasteiger charge is -2.15. The zero-order valence-electron chi connectivity index (χ0n) is 15.3. The quantitative estimate of drug-likeness (QED) is 0.815. The van der Waals surface area contributed by atoms with Gasteiger partial charge in [0, 0.05) is 5.92 Å². The summed E-state index contributed by atoms with van der Waals surface area (Å²) in [5.74, 6) is -0.472. The molecule has 7 heteroatoms. The molecule has 0 heterocycles. The maximum absolute atomic E-state index is 12.7. The summed E-state index contributed by atoms with van der Waals surface area (Å²) in [5.41, 5.74) is 6.42. The number of carbonyl (C=O) groups is 1. The van der Waals surface area contributed by atoms with E-state index in [9.17, 15) is 23.2 Å². The number of rotatable bonds is 5. The normalized spacial score (nSPS) is 22.2. The molecule has 28 heavy (non-hydrogen) atoms. The van der Waals surface area contributed by atoms with Gasteiger partial charge in [0.25, 0.3) is 0 Å². The molecule has 3 N–H and O–H groups in total. The highest BCUT2D eigenvalue weighted by molar-refractivity contribution is 5.83. The van der Waals surface area contributed by atoms with Crippen molar-refractivity contribution in [2.24, 2.45) is 5.73 Å². The van der Waals surface area contributed by atoms with Gasteiger partial charge in [0.05, 0.1) is 17.7 Å². The van der Waals surface area contributed by atoms with Crippen LogP contribution in [0, 0.1) is 11.3 Å². The minimum absolute atomic E-state index is 0.132. The molecule has 1 fully saturated rings. The Labute approximate surface area is 161 Å². The zero-order valence-corrected chi connectivity index (χ0v) is 15.3. The molecule has 0 radical (unpaired) electrons. The van der Waals surface area contributed by atoms with Crippen LogP contribution in [0.25, 0.3) is 11.1 Å². The summed E-state index contributed by atoms with van der Waals surface area (Å²) in [6.45, 7) is 1.80. The maximum Gasteiger partial charge on any atom is 0.416 e. The van der Waals surface area contributed by atoms with Crippen molar-refractivity contribution in [1.82, 2.24) is 5.32 Å². The molecule has 0 unspecified atom stereocenters. The predicted octanol–water partition coefficient (Wildman–Crippen LogP) is 3.98. The van der Waals surface area contributed by atoms with Crippen molar-refractivity contribution >= 4 is 5.91 Å². The lowest BCUT2D eigenvalue weighted by atomic mass is 9.99. The monoisotopic (exact) mass is 387 g/mol.